The second-order valence-electron chi connectivity index (χ2n) is 8.90. The molecule has 1 aliphatic heterocycles. The molecule has 1 unspecified atom stereocenters. The molecule has 1 heterocycles. The first-order valence-electron chi connectivity index (χ1n) is 12.3. The maximum absolute atomic E-state index is 12.8. The Balaban J connectivity index is 3.18. The third-order valence-electron chi connectivity index (χ3n) is 5.92. The fourth-order valence-corrected chi connectivity index (χ4v) is 3.61. The molecular weight excluding hydrogens is 506 g/mol. The van der Waals surface area contributed by atoms with Gasteiger partial charge in [-0.15, -0.1) is 0 Å². The molecule has 16 nitrogen and oxygen atoms in total. The van der Waals surface area contributed by atoms with Crippen molar-refractivity contribution in [1.29, 1.82) is 0 Å². The Morgan fingerprint density at radius 2 is 1.71 bits per heavy atom. The Morgan fingerprint density at radius 3 is 2.26 bits per heavy atom. The van der Waals surface area contributed by atoms with Crippen molar-refractivity contribution in [2.45, 2.75) is 75.3 Å². The quantitative estimate of drug-likeness (QED) is 0.145. The van der Waals surface area contributed by atoms with Crippen LogP contribution in [0, 0.1) is 0 Å². The lowest BCUT2D eigenvalue weighted by Gasteiger charge is -2.27. The van der Waals surface area contributed by atoms with Gasteiger partial charge < -0.3 is 53.0 Å². The highest BCUT2D eigenvalue weighted by Gasteiger charge is 2.33. The summed E-state index contributed by atoms with van der Waals surface area (Å²) in [6.45, 7) is -0.164. The number of hydrogen-bond acceptors (Lipinski definition) is 10. The number of amides is 6. The maximum Gasteiger partial charge on any atom is 0.245 e. The van der Waals surface area contributed by atoms with Crippen LogP contribution >= 0.6 is 0 Å². The van der Waals surface area contributed by atoms with Crippen LogP contribution in [0.1, 0.15) is 39.0 Å². The summed E-state index contributed by atoms with van der Waals surface area (Å²) in [5, 5.41) is 43.7. The van der Waals surface area contributed by atoms with E-state index in [1.165, 1.54) is 14.0 Å². The first-order valence-corrected chi connectivity index (χ1v) is 12.3. The van der Waals surface area contributed by atoms with E-state index >= 15 is 0 Å². The lowest BCUT2D eigenvalue weighted by Crippen LogP contribution is -2.61. The van der Waals surface area contributed by atoms with E-state index in [0.717, 1.165) is 0 Å². The summed E-state index contributed by atoms with van der Waals surface area (Å²) in [5.41, 5.74) is 5.14. The molecule has 216 valence electrons. The van der Waals surface area contributed by atoms with E-state index in [0.29, 0.717) is 12.8 Å². The molecule has 0 radical (unpaired) electrons. The summed E-state index contributed by atoms with van der Waals surface area (Å²) in [4.78, 5) is 74.7. The van der Waals surface area contributed by atoms with Crippen molar-refractivity contribution in [3.8, 4) is 0 Å². The van der Waals surface area contributed by atoms with Gasteiger partial charge in [0.1, 0.15) is 24.2 Å². The Labute approximate surface area is 219 Å². The van der Waals surface area contributed by atoms with Crippen LogP contribution in [0.4, 0.5) is 0 Å². The Hall–Kier alpha value is -3.34. The number of nitrogens with one attached hydrogen (secondary N) is 6. The van der Waals surface area contributed by atoms with E-state index in [9.17, 15) is 44.1 Å². The van der Waals surface area contributed by atoms with Crippen molar-refractivity contribution in [3.05, 3.63) is 0 Å². The summed E-state index contributed by atoms with van der Waals surface area (Å²) in [6, 6.07) is -6.57. The minimum Gasteiger partial charge on any atom is -0.394 e. The van der Waals surface area contributed by atoms with Gasteiger partial charge in [0.15, 0.2) is 0 Å². The lowest BCUT2D eigenvalue weighted by molar-refractivity contribution is -0.136. The van der Waals surface area contributed by atoms with Crippen LogP contribution in [-0.2, 0) is 28.8 Å². The fourth-order valence-electron chi connectivity index (χ4n) is 3.61. The molecule has 6 atom stereocenters. The molecule has 0 aromatic rings. The van der Waals surface area contributed by atoms with Crippen molar-refractivity contribution in [3.63, 3.8) is 0 Å². The van der Waals surface area contributed by atoms with Crippen LogP contribution in [-0.4, -0.2) is 114 Å². The van der Waals surface area contributed by atoms with Gasteiger partial charge in [-0.05, 0) is 39.7 Å². The molecule has 1 aliphatic rings. The standard InChI is InChI=1S/C22H39N7O9/c1-11(32)17-22(38)28-15(10-31)21(37)26-13(20(36)27-14(9-30)18(23)34)5-3-4-8-25-16(33)7-6-12(24-2)19(35)29-17/h11-15,17,24,30-32H,3-10H2,1-2H3,(H2,23,34)(H,25,33)(H,26,37)(H,27,36)(H,28,38)(H,29,35)/t11?,12-,13-,14-,15-,17-/m0/s1. The van der Waals surface area contributed by atoms with Crippen LogP contribution in [0.5, 0.6) is 0 Å². The lowest BCUT2D eigenvalue weighted by atomic mass is 10.1. The van der Waals surface area contributed by atoms with Crippen LogP contribution < -0.4 is 37.6 Å². The predicted octanol–water partition coefficient (Wildman–Crippen LogP) is -5.56. The second kappa shape index (κ2) is 16.5. The third-order valence-corrected chi connectivity index (χ3v) is 5.92. The average Bonchev–Trinajstić information content (AvgIpc) is 2.86. The molecule has 0 saturated carbocycles. The molecular formula is C22H39N7O9. The highest BCUT2D eigenvalue weighted by molar-refractivity contribution is 5.96. The Morgan fingerprint density at radius 1 is 1.03 bits per heavy atom. The van der Waals surface area contributed by atoms with Crippen LogP contribution in [0.3, 0.4) is 0 Å². The number of carbonyl (C=O) groups excluding carboxylic acids is 6. The van der Waals surface area contributed by atoms with Crippen molar-refractivity contribution < 1.29 is 44.1 Å². The van der Waals surface area contributed by atoms with E-state index < -0.39 is 79.1 Å². The second-order valence-corrected chi connectivity index (χ2v) is 8.90. The van der Waals surface area contributed by atoms with Gasteiger partial charge in [-0.25, -0.2) is 0 Å². The molecule has 0 spiro atoms. The third kappa shape index (κ3) is 10.6. The van der Waals surface area contributed by atoms with Crippen LogP contribution in [0.25, 0.3) is 0 Å². The van der Waals surface area contributed by atoms with E-state index in [1.54, 1.807) is 0 Å². The van der Waals surface area contributed by atoms with E-state index in [2.05, 4.69) is 31.9 Å². The van der Waals surface area contributed by atoms with Gasteiger partial charge in [-0.1, -0.05) is 0 Å². The van der Waals surface area contributed by atoms with Gasteiger partial charge in [0.05, 0.1) is 25.4 Å². The molecule has 11 N–H and O–H groups in total. The number of carbonyl (C=O) groups is 6. The highest BCUT2D eigenvalue weighted by Crippen LogP contribution is 2.05. The number of aliphatic hydroxyl groups excluding tert-OH is 3. The van der Waals surface area contributed by atoms with Crippen molar-refractivity contribution >= 4 is 35.4 Å². The predicted molar refractivity (Wildman–Crippen MR) is 132 cm³/mol. The fraction of sp³-hybridized carbons (Fsp3) is 0.727. The smallest absolute Gasteiger partial charge is 0.245 e. The number of likely N-dealkylation sites (N-methyl/N-ethyl adjacent to an activating group) is 1. The molecule has 0 aromatic heterocycles. The van der Waals surface area contributed by atoms with Crippen molar-refractivity contribution in [1.82, 2.24) is 31.9 Å². The molecule has 0 aliphatic carbocycles. The first-order chi connectivity index (χ1) is 17.9. The Kier molecular flexibility index (Phi) is 14.2. The molecule has 16 heteroatoms. The Bertz CT molecular complexity index is 855. The van der Waals surface area contributed by atoms with E-state index in [4.69, 9.17) is 5.73 Å². The van der Waals surface area contributed by atoms with Gasteiger partial charge in [-0.2, -0.15) is 0 Å². The summed E-state index contributed by atoms with van der Waals surface area (Å²) < 4.78 is 0. The molecule has 1 saturated heterocycles. The summed E-state index contributed by atoms with van der Waals surface area (Å²) >= 11 is 0. The molecule has 1 rings (SSSR count). The number of rotatable bonds is 7. The number of primary amides is 1. The van der Waals surface area contributed by atoms with Crippen molar-refractivity contribution in [2.75, 3.05) is 26.8 Å². The maximum atomic E-state index is 12.8. The largest absolute Gasteiger partial charge is 0.394 e. The normalized spacial score (nSPS) is 26.3. The van der Waals surface area contributed by atoms with Gasteiger partial charge in [0.25, 0.3) is 0 Å². The van der Waals surface area contributed by atoms with E-state index in [-0.39, 0.29) is 31.7 Å². The zero-order valence-corrected chi connectivity index (χ0v) is 21.5. The minimum atomic E-state index is -1.56. The number of hydrogen-bond donors (Lipinski definition) is 10. The molecule has 6 amide bonds. The summed E-state index contributed by atoms with van der Waals surface area (Å²) in [6.07, 6.45) is -0.510. The topological polar surface area (TPSA) is 261 Å². The van der Waals surface area contributed by atoms with Gasteiger partial charge in [0, 0.05) is 13.0 Å². The van der Waals surface area contributed by atoms with Gasteiger partial charge >= 0.3 is 0 Å². The zero-order chi connectivity index (χ0) is 28.8. The van der Waals surface area contributed by atoms with Crippen LogP contribution in [0.2, 0.25) is 0 Å². The summed E-state index contributed by atoms with van der Waals surface area (Å²) in [7, 11) is 1.50. The average molecular weight is 546 g/mol. The summed E-state index contributed by atoms with van der Waals surface area (Å²) in [5.74, 6) is -4.78. The van der Waals surface area contributed by atoms with Gasteiger partial charge in [-0.3, -0.25) is 28.8 Å². The number of aliphatic hydroxyl groups is 3. The van der Waals surface area contributed by atoms with Crippen molar-refractivity contribution in [2.24, 2.45) is 5.73 Å². The molecule has 38 heavy (non-hydrogen) atoms. The minimum absolute atomic E-state index is 0.00614. The SMILES string of the molecule is CN[C@H]1CCC(=O)NCCCC[C@@H](C(=O)N[C@@H](CO)C(N)=O)NC(=O)[C@H](CO)NC(=O)[C@H](C(C)O)NC1=O. The molecule has 0 aromatic carbocycles. The zero-order valence-electron chi connectivity index (χ0n) is 21.5. The first kappa shape index (κ1) is 32.7. The molecule has 0 bridgehead atoms. The van der Waals surface area contributed by atoms with Gasteiger partial charge in [0.2, 0.25) is 35.4 Å². The monoisotopic (exact) mass is 545 g/mol. The van der Waals surface area contributed by atoms with E-state index in [1.807, 2.05) is 0 Å². The van der Waals surface area contributed by atoms with Crippen LogP contribution in [0.15, 0.2) is 0 Å². The molecule has 1 fully saturated rings. The number of nitrogens with two attached hydrogens (primary N) is 1. The highest BCUT2D eigenvalue weighted by atomic mass is 16.3.